The van der Waals surface area contributed by atoms with Crippen molar-refractivity contribution in [2.24, 2.45) is 0 Å². The maximum Gasteiger partial charge on any atom is 0.123 e. The maximum absolute atomic E-state index is 5.53. The highest BCUT2D eigenvalue weighted by Gasteiger charge is 2.44. The summed E-state index contributed by atoms with van der Waals surface area (Å²) < 4.78 is 11.1. The molecule has 3 rings (SSSR count). The van der Waals surface area contributed by atoms with Gasteiger partial charge >= 0.3 is 0 Å². The minimum atomic E-state index is 0.494. The summed E-state index contributed by atoms with van der Waals surface area (Å²) in [6, 6.07) is 4.04. The molecule has 1 fully saturated rings. The van der Waals surface area contributed by atoms with E-state index < -0.39 is 0 Å². The van der Waals surface area contributed by atoms with Gasteiger partial charge in [-0.25, -0.2) is 0 Å². The van der Waals surface area contributed by atoms with Gasteiger partial charge < -0.3 is 9.47 Å². The van der Waals surface area contributed by atoms with Gasteiger partial charge in [-0.15, -0.1) is 0 Å². The Morgan fingerprint density at radius 2 is 1.56 bits per heavy atom. The fraction of sp³-hybridized carbons (Fsp3) is 0.375. The third kappa shape index (κ3) is 1.35. The van der Waals surface area contributed by atoms with Gasteiger partial charge in [-0.05, 0) is 25.0 Å². The fourth-order valence-electron chi connectivity index (χ4n) is 3.57. The Hall–Kier alpha value is -1.70. The highest BCUT2D eigenvalue weighted by molar-refractivity contribution is 5.64. The van der Waals surface area contributed by atoms with Crippen LogP contribution in [0, 0.1) is 0 Å². The molecule has 0 N–H and O–H groups in total. The summed E-state index contributed by atoms with van der Waals surface area (Å²) in [5.41, 5.74) is 4.14. The quantitative estimate of drug-likeness (QED) is 0.802. The molecule has 2 nitrogen and oxygen atoms in total. The Kier molecular flexibility index (Phi) is 2.66. The molecule has 2 bridgehead atoms. The van der Waals surface area contributed by atoms with E-state index in [0.29, 0.717) is 11.8 Å². The smallest absolute Gasteiger partial charge is 0.123 e. The van der Waals surface area contributed by atoms with Gasteiger partial charge in [0.2, 0.25) is 0 Å². The van der Waals surface area contributed by atoms with E-state index >= 15 is 0 Å². The Morgan fingerprint density at radius 1 is 1.06 bits per heavy atom. The highest BCUT2D eigenvalue weighted by atomic mass is 16.5. The second-order valence-electron chi connectivity index (χ2n) is 4.88. The number of ether oxygens (including phenoxy) is 2. The first-order valence-electron chi connectivity index (χ1n) is 6.39. The van der Waals surface area contributed by atoms with Crippen molar-refractivity contribution >= 4 is 0 Å². The summed E-state index contributed by atoms with van der Waals surface area (Å²) in [4.78, 5) is 0. The number of benzene rings is 1. The summed E-state index contributed by atoms with van der Waals surface area (Å²) in [5, 5.41) is 0. The zero-order valence-electron chi connectivity index (χ0n) is 10.9. The Morgan fingerprint density at radius 3 is 1.94 bits per heavy atom. The predicted octanol–water partition coefficient (Wildman–Crippen LogP) is 3.79. The van der Waals surface area contributed by atoms with Crippen LogP contribution in [0.4, 0.5) is 0 Å². The lowest BCUT2D eigenvalue weighted by molar-refractivity contribution is 0.391. The molecular weight excluding hydrogens is 224 g/mol. The standard InChI is InChI=1S/C16H18O2/c1-4-5-10-11-6-7-12(10)16-14(18-3)9-8-13(17-2)15(11)16/h4-5,8-9,11-12H,1,6-7H2,2-3H3/t11-,12-/m1/s1. The number of fused-ring (bicyclic) bond motifs is 5. The molecule has 1 aromatic carbocycles. The number of hydrogen-bond donors (Lipinski definition) is 0. The molecule has 0 aliphatic heterocycles. The SMILES string of the molecule is C=CC=C1[C@H]2CC[C@H]1c1c(OC)ccc(OC)c12. The van der Waals surface area contributed by atoms with E-state index in [1.165, 1.54) is 29.5 Å². The molecule has 0 saturated heterocycles. The summed E-state index contributed by atoms with van der Waals surface area (Å²) >= 11 is 0. The number of hydrogen-bond acceptors (Lipinski definition) is 2. The van der Waals surface area contributed by atoms with Crippen molar-refractivity contribution < 1.29 is 9.47 Å². The summed E-state index contributed by atoms with van der Waals surface area (Å²) in [7, 11) is 3.48. The second kappa shape index (κ2) is 4.20. The monoisotopic (exact) mass is 242 g/mol. The number of methoxy groups -OCH3 is 2. The third-order valence-corrected chi connectivity index (χ3v) is 4.20. The average Bonchev–Trinajstić information content (AvgIpc) is 2.94. The van der Waals surface area contributed by atoms with Crippen LogP contribution < -0.4 is 9.47 Å². The Labute approximate surface area is 108 Å². The van der Waals surface area contributed by atoms with Crippen LogP contribution in [-0.4, -0.2) is 14.2 Å². The molecule has 0 heterocycles. The second-order valence-corrected chi connectivity index (χ2v) is 4.88. The van der Waals surface area contributed by atoms with Crippen LogP contribution in [0.2, 0.25) is 0 Å². The van der Waals surface area contributed by atoms with Crippen LogP contribution in [0.15, 0.2) is 36.4 Å². The van der Waals surface area contributed by atoms with Crippen molar-refractivity contribution in [3.05, 3.63) is 47.6 Å². The molecule has 2 aliphatic rings. The van der Waals surface area contributed by atoms with Gasteiger partial charge in [0.25, 0.3) is 0 Å². The van der Waals surface area contributed by atoms with Gasteiger partial charge in [0.1, 0.15) is 11.5 Å². The lowest BCUT2D eigenvalue weighted by atomic mass is 9.90. The third-order valence-electron chi connectivity index (χ3n) is 4.20. The fourth-order valence-corrected chi connectivity index (χ4v) is 3.57. The lowest BCUT2D eigenvalue weighted by Gasteiger charge is -2.20. The molecular formula is C16H18O2. The van der Waals surface area contributed by atoms with Crippen molar-refractivity contribution in [2.75, 3.05) is 14.2 Å². The van der Waals surface area contributed by atoms with Gasteiger partial charge in [0, 0.05) is 23.0 Å². The molecule has 0 amide bonds. The van der Waals surface area contributed by atoms with Crippen molar-refractivity contribution in [3.8, 4) is 11.5 Å². The number of rotatable bonds is 3. The van der Waals surface area contributed by atoms with Crippen LogP contribution >= 0.6 is 0 Å². The van der Waals surface area contributed by atoms with E-state index in [9.17, 15) is 0 Å². The molecule has 94 valence electrons. The zero-order valence-corrected chi connectivity index (χ0v) is 10.9. The van der Waals surface area contributed by atoms with E-state index in [1.807, 2.05) is 18.2 Å². The van der Waals surface area contributed by atoms with E-state index in [1.54, 1.807) is 14.2 Å². The van der Waals surface area contributed by atoms with Gasteiger partial charge in [0.15, 0.2) is 0 Å². The molecule has 1 saturated carbocycles. The summed E-state index contributed by atoms with van der Waals surface area (Å²) in [6.07, 6.45) is 6.48. The minimum absolute atomic E-state index is 0.494. The van der Waals surface area contributed by atoms with Gasteiger partial charge in [0.05, 0.1) is 14.2 Å². The van der Waals surface area contributed by atoms with Crippen LogP contribution in [0.5, 0.6) is 11.5 Å². The first-order valence-corrected chi connectivity index (χ1v) is 6.39. The molecule has 0 spiro atoms. The zero-order chi connectivity index (χ0) is 12.7. The summed E-state index contributed by atoms with van der Waals surface area (Å²) in [6.45, 7) is 3.83. The lowest BCUT2D eigenvalue weighted by Crippen LogP contribution is -2.03. The van der Waals surface area contributed by atoms with E-state index in [4.69, 9.17) is 9.47 Å². The van der Waals surface area contributed by atoms with Gasteiger partial charge in [-0.2, -0.15) is 0 Å². The molecule has 0 radical (unpaired) electrons. The van der Waals surface area contributed by atoms with Crippen LogP contribution in [-0.2, 0) is 0 Å². The molecule has 0 aromatic heterocycles. The van der Waals surface area contributed by atoms with Crippen molar-refractivity contribution in [3.63, 3.8) is 0 Å². The maximum atomic E-state index is 5.53. The minimum Gasteiger partial charge on any atom is -0.496 e. The Bertz CT molecular complexity index is 487. The largest absolute Gasteiger partial charge is 0.496 e. The van der Waals surface area contributed by atoms with Crippen LogP contribution in [0.25, 0.3) is 0 Å². The normalized spacial score (nSPS) is 23.8. The van der Waals surface area contributed by atoms with Crippen LogP contribution in [0.3, 0.4) is 0 Å². The summed E-state index contributed by atoms with van der Waals surface area (Å²) in [5.74, 6) is 2.97. The van der Waals surface area contributed by atoms with Crippen molar-refractivity contribution in [2.45, 2.75) is 24.7 Å². The number of allylic oxidation sites excluding steroid dienone is 3. The average molecular weight is 242 g/mol. The topological polar surface area (TPSA) is 18.5 Å². The van der Waals surface area contributed by atoms with E-state index in [2.05, 4.69) is 12.7 Å². The van der Waals surface area contributed by atoms with Gasteiger partial charge in [-0.3, -0.25) is 0 Å². The highest BCUT2D eigenvalue weighted by Crippen LogP contribution is 2.61. The Balaban J connectivity index is 2.23. The molecule has 18 heavy (non-hydrogen) atoms. The van der Waals surface area contributed by atoms with E-state index in [-0.39, 0.29) is 0 Å². The predicted molar refractivity (Wildman–Crippen MR) is 72.5 cm³/mol. The van der Waals surface area contributed by atoms with Crippen molar-refractivity contribution in [1.82, 2.24) is 0 Å². The molecule has 2 heteroatoms. The first kappa shape index (κ1) is 11.4. The van der Waals surface area contributed by atoms with Gasteiger partial charge in [-0.1, -0.05) is 24.3 Å². The molecule has 1 aromatic rings. The van der Waals surface area contributed by atoms with Crippen molar-refractivity contribution in [1.29, 1.82) is 0 Å². The first-order chi connectivity index (χ1) is 8.81. The van der Waals surface area contributed by atoms with Crippen LogP contribution in [0.1, 0.15) is 35.8 Å². The molecule has 0 unspecified atom stereocenters. The molecule has 2 aliphatic carbocycles. The van der Waals surface area contributed by atoms with E-state index in [0.717, 1.165) is 11.5 Å². The molecule has 2 atom stereocenters.